The van der Waals surface area contributed by atoms with E-state index in [4.69, 9.17) is 26.6 Å². The van der Waals surface area contributed by atoms with E-state index in [9.17, 15) is 9.59 Å². The zero-order chi connectivity index (χ0) is 25.1. The number of alkyl carbamates (subject to hydrolysis) is 1. The molecule has 9 heteroatoms. The van der Waals surface area contributed by atoms with E-state index in [0.29, 0.717) is 30.8 Å². The lowest BCUT2D eigenvalue weighted by Crippen LogP contribution is -2.43. The van der Waals surface area contributed by atoms with Gasteiger partial charge >= 0.3 is 6.09 Å². The Hall–Kier alpha value is -3.57. The smallest absolute Gasteiger partial charge is 0.407 e. The zero-order valence-corrected chi connectivity index (χ0v) is 20.7. The molecule has 0 bridgehead atoms. The summed E-state index contributed by atoms with van der Waals surface area (Å²) in [5.41, 5.74) is 3.57. The van der Waals surface area contributed by atoms with Gasteiger partial charge in [0.25, 0.3) is 0 Å². The van der Waals surface area contributed by atoms with Crippen molar-refractivity contribution in [2.24, 2.45) is 0 Å². The van der Waals surface area contributed by atoms with Gasteiger partial charge in [0.05, 0.1) is 23.6 Å². The molecule has 186 valence electrons. The van der Waals surface area contributed by atoms with E-state index in [2.05, 4.69) is 16.0 Å². The van der Waals surface area contributed by atoms with Crippen LogP contribution in [0, 0.1) is 11.3 Å². The van der Waals surface area contributed by atoms with Gasteiger partial charge in [-0.1, -0.05) is 29.8 Å². The van der Waals surface area contributed by atoms with E-state index in [1.807, 2.05) is 42.5 Å². The van der Waals surface area contributed by atoms with Gasteiger partial charge in [0.2, 0.25) is 5.91 Å². The molecule has 2 amide bonds. The standard InChI is InChI=1S/C27H28ClN5O3/c28-19-8-12-24-22(15-19)31-25(32(24)14-4-3-13-29)17-33-23-6-2-1-5-18(23)7-9-20(16-26(33)34)30-27(35)36-21-10-11-21/h1-2,5-6,8,12,15,20-21H,3-4,7,9-11,14,16-17H2,(H,30,35)/t20-/m0/s1. The number of imidazole rings is 1. The number of carbonyl (C=O) groups excluding carboxylic acids is 2. The normalized spacial score (nSPS) is 17.7. The molecule has 1 fully saturated rings. The number of amides is 2. The molecule has 2 aliphatic rings. The molecule has 2 heterocycles. The highest BCUT2D eigenvalue weighted by molar-refractivity contribution is 6.31. The average molecular weight is 506 g/mol. The Labute approximate surface area is 214 Å². The lowest BCUT2D eigenvalue weighted by atomic mass is 9.97. The molecule has 2 aromatic carbocycles. The Balaban J connectivity index is 1.45. The van der Waals surface area contributed by atoms with Crippen LogP contribution in [0.4, 0.5) is 10.5 Å². The number of halogens is 1. The predicted octanol–water partition coefficient (Wildman–Crippen LogP) is 5.12. The number of anilines is 1. The topological polar surface area (TPSA) is 100 Å². The number of fused-ring (bicyclic) bond motifs is 2. The second kappa shape index (κ2) is 10.6. The minimum absolute atomic E-state index is 0.00834. The maximum Gasteiger partial charge on any atom is 0.407 e. The van der Waals surface area contributed by atoms with Crippen LogP contribution in [-0.4, -0.2) is 33.7 Å². The first-order chi connectivity index (χ1) is 17.5. The SMILES string of the molecule is N#CCCCn1c(CN2C(=O)C[C@@H](NC(=O)OC3CC3)CCc3ccccc32)nc2cc(Cl)ccc21. The van der Waals surface area contributed by atoms with E-state index < -0.39 is 6.09 Å². The first kappa shape index (κ1) is 24.1. The Morgan fingerprint density at radius 2 is 2.06 bits per heavy atom. The molecular weight excluding hydrogens is 478 g/mol. The van der Waals surface area contributed by atoms with Crippen LogP contribution < -0.4 is 10.2 Å². The molecule has 1 N–H and O–H groups in total. The van der Waals surface area contributed by atoms with E-state index in [0.717, 1.165) is 47.4 Å². The molecule has 1 aliphatic carbocycles. The lowest BCUT2D eigenvalue weighted by molar-refractivity contribution is -0.119. The third-order valence-electron chi connectivity index (χ3n) is 6.65. The fourth-order valence-corrected chi connectivity index (χ4v) is 4.85. The minimum atomic E-state index is -0.452. The molecule has 8 nitrogen and oxygen atoms in total. The van der Waals surface area contributed by atoms with Gasteiger partial charge in [-0.15, -0.1) is 0 Å². The number of ether oxygens (including phenoxy) is 1. The average Bonchev–Trinajstić information content (AvgIpc) is 3.60. The van der Waals surface area contributed by atoms with Crippen molar-refractivity contribution in [1.82, 2.24) is 14.9 Å². The Bertz CT molecular complexity index is 1330. The zero-order valence-electron chi connectivity index (χ0n) is 20.0. The number of aryl methyl sites for hydroxylation is 2. The highest BCUT2D eigenvalue weighted by atomic mass is 35.5. The van der Waals surface area contributed by atoms with E-state index in [1.54, 1.807) is 4.90 Å². The fraction of sp³-hybridized carbons (Fsp3) is 0.407. The highest BCUT2D eigenvalue weighted by Crippen LogP contribution is 2.30. The van der Waals surface area contributed by atoms with Crippen LogP contribution in [-0.2, 0) is 29.0 Å². The number of nitriles is 1. The number of benzene rings is 2. The Morgan fingerprint density at radius 1 is 1.22 bits per heavy atom. The number of aromatic nitrogens is 2. The van der Waals surface area contributed by atoms with Crippen LogP contribution in [0.25, 0.3) is 11.0 Å². The summed E-state index contributed by atoms with van der Waals surface area (Å²) in [5, 5.41) is 12.5. The van der Waals surface area contributed by atoms with Gasteiger partial charge < -0.3 is 19.5 Å². The number of para-hydroxylation sites is 1. The van der Waals surface area contributed by atoms with Crippen molar-refractivity contribution in [3.63, 3.8) is 0 Å². The molecule has 0 radical (unpaired) electrons. The number of carbonyl (C=O) groups is 2. The molecule has 5 rings (SSSR count). The molecule has 1 aliphatic heterocycles. The van der Waals surface area contributed by atoms with Gasteiger partial charge in [0, 0.05) is 36.1 Å². The van der Waals surface area contributed by atoms with Crippen LogP contribution in [0.1, 0.15) is 49.9 Å². The summed E-state index contributed by atoms with van der Waals surface area (Å²) in [6, 6.07) is 15.3. The molecular formula is C27H28ClN5O3. The second-order valence-corrected chi connectivity index (χ2v) is 9.81. The number of hydrogen-bond donors (Lipinski definition) is 1. The molecule has 1 saturated carbocycles. The van der Waals surface area contributed by atoms with Crippen LogP contribution >= 0.6 is 11.6 Å². The lowest BCUT2D eigenvalue weighted by Gasteiger charge is -2.30. The Kier molecular flexibility index (Phi) is 7.10. The quantitative estimate of drug-likeness (QED) is 0.449. The van der Waals surface area contributed by atoms with Gasteiger partial charge in [-0.05, 0) is 61.9 Å². The van der Waals surface area contributed by atoms with Crippen molar-refractivity contribution < 1.29 is 14.3 Å². The highest BCUT2D eigenvalue weighted by Gasteiger charge is 2.30. The van der Waals surface area contributed by atoms with Crippen molar-refractivity contribution in [3.05, 3.63) is 58.9 Å². The van der Waals surface area contributed by atoms with Crippen molar-refractivity contribution in [2.75, 3.05) is 4.90 Å². The summed E-state index contributed by atoms with van der Waals surface area (Å²) in [7, 11) is 0. The van der Waals surface area contributed by atoms with Gasteiger partial charge in [0.1, 0.15) is 11.9 Å². The van der Waals surface area contributed by atoms with Crippen LogP contribution in [0.15, 0.2) is 42.5 Å². The summed E-state index contributed by atoms with van der Waals surface area (Å²) >= 11 is 6.22. The van der Waals surface area contributed by atoms with Crippen molar-refractivity contribution >= 4 is 40.3 Å². The number of nitrogens with zero attached hydrogens (tertiary/aromatic N) is 4. The van der Waals surface area contributed by atoms with E-state index in [1.165, 1.54) is 0 Å². The molecule has 0 saturated heterocycles. The molecule has 1 atom stereocenters. The summed E-state index contributed by atoms with van der Waals surface area (Å²) in [6.45, 7) is 0.885. The number of nitrogens with one attached hydrogen (secondary N) is 1. The Morgan fingerprint density at radius 3 is 2.86 bits per heavy atom. The maximum atomic E-state index is 13.6. The third-order valence-corrected chi connectivity index (χ3v) is 6.88. The number of hydrogen-bond acceptors (Lipinski definition) is 5. The van der Waals surface area contributed by atoms with Crippen molar-refractivity contribution in [2.45, 2.75) is 70.2 Å². The predicted molar refractivity (Wildman–Crippen MR) is 137 cm³/mol. The van der Waals surface area contributed by atoms with Crippen molar-refractivity contribution in [1.29, 1.82) is 5.26 Å². The van der Waals surface area contributed by atoms with E-state index in [-0.39, 0.29) is 31.0 Å². The molecule has 0 unspecified atom stereocenters. The molecule has 36 heavy (non-hydrogen) atoms. The summed E-state index contributed by atoms with van der Waals surface area (Å²) in [6.07, 6.45) is 4.02. The third kappa shape index (κ3) is 5.47. The van der Waals surface area contributed by atoms with Gasteiger partial charge in [-0.2, -0.15) is 5.26 Å². The fourth-order valence-electron chi connectivity index (χ4n) is 4.69. The second-order valence-electron chi connectivity index (χ2n) is 9.37. The summed E-state index contributed by atoms with van der Waals surface area (Å²) in [5.74, 6) is 0.638. The van der Waals surface area contributed by atoms with E-state index >= 15 is 0 Å². The number of rotatable bonds is 7. The van der Waals surface area contributed by atoms with Gasteiger partial charge in [-0.3, -0.25) is 4.79 Å². The molecule has 1 aromatic heterocycles. The summed E-state index contributed by atoms with van der Waals surface area (Å²) in [4.78, 5) is 32.5. The largest absolute Gasteiger partial charge is 0.446 e. The van der Waals surface area contributed by atoms with Crippen LogP contribution in [0.2, 0.25) is 5.02 Å². The van der Waals surface area contributed by atoms with Crippen molar-refractivity contribution in [3.8, 4) is 6.07 Å². The minimum Gasteiger partial charge on any atom is -0.446 e. The van der Waals surface area contributed by atoms with Crippen LogP contribution in [0.3, 0.4) is 0 Å². The first-order valence-electron chi connectivity index (χ1n) is 12.4. The monoisotopic (exact) mass is 505 g/mol. The molecule has 0 spiro atoms. The van der Waals surface area contributed by atoms with Gasteiger partial charge in [-0.25, -0.2) is 9.78 Å². The number of unbranched alkanes of at least 4 members (excludes halogenated alkanes) is 1. The van der Waals surface area contributed by atoms with Gasteiger partial charge in [0.15, 0.2) is 0 Å². The molecule has 3 aromatic rings. The summed E-state index contributed by atoms with van der Waals surface area (Å²) < 4.78 is 7.42. The maximum absolute atomic E-state index is 13.6. The first-order valence-corrected chi connectivity index (χ1v) is 12.8. The van der Waals surface area contributed by atoms with Crippen LogP contribution in [0.5, 0.6) is 0 Å².